The minimum absolute atomic E-state index is 0.146. The molecule has 2 aromatic carbocycles. The molecule has 0 aliphatic rings. The highest BCUT2D eigenvalue weighted by Crippen LogP contribution is 2.23. The van der Waals surface area contributed by atoms with E-state index in [1.165, 1.54) is 12.1 Å². The van der Waals surface area contributed by atoms with Crippen LogP contribution < -0.4 is 0 Å². The molecule has 0 spiro atoms. The normalized spacial score (nSPS) is 11.2. The molecule has 4 rings (SSSR count). The second kappa shape index (κ2) is 5.90. The molecule has 0 saturated carbocycles. The summed E-state index contributed by atoms with van der Waals surface area (Å²) in [4.78, 5) is 8.71. The van der Waals surface area contributed by atoms with Crippen molar-refractivity contribution in [3.63, 3.8) is 0 Å². The number of imidazole rings is 2. The monoisotopic (exact) mass is 322 g/mol. The van der Waals surface area contributed by atoms with Crippen LogP contribution in [0.3, 0.4) is 0 Å². The van der Waals surface area contributed by atoms with Gasteiger partial charge in [0, 0.05) is 24.1 Å². The van der Waals surface area contributed by atoms with E-state index in [-0.39, 0.29) is 12.4 Å². The summed E-state index contributed by atoms with van der Waals surface area (Å²) >= 11 is 0. The van der Waals surface area contributed by atoms with Crippen LogP contribution in [0.4, 0.5) is 4.39 Å². The molecular weight excluding hydrogens is 307 g/mol. The van der Waals surface area contributed by atoms with Crippen molar-refractivity contribution in [2.45, 2.75) is 13.2 Å². The zero-order valence-corrected chi connectivity index (χ0v) is 12.8. The first-order valence-electron chi connectivity index (χ1n) is 7.59. The van der Waals surface area contributed by atoms with Gasteiger partial charge in [-0.1, -0.05) is 18.2 Å². The summed E-state index contributed by atoms with van der Waals surface area (Å²) in [7, 11) is 0. The quantitative estimate of drug-likeness (QED) is 0.628. The van der Waals surface area contributed by atoms with Crippen molar-refractivity contribution in [2.75, 3.05) is 0 Å². The Bertz CT molecular complexity index is 991. The molecule has 0 radical (unpaired) electrons. The second-order valence-electron chi connectivity index (χ2n) is 5.46. The van der Waals surface area contributed by atoms with Crippen molar-refractivity contribution in [1.29, 1.82) is 0 Å². The lowest BCUT2D eigenvalue weighted by Gasteiger charge is -2.11. The van der Waals surface area contributed by atoms with E-state index in [4.69, 9.17) is 0 Å². The van der Waals surface area contributed by atoms with Gasteiger partial charge in [0.1, 0.15) is 24.1 Å². The van der Waals surface area contributed by atoms with Gasteiger partial charge in [-0.15, -0.1) is 0 Å². The van der Waals surface area contributed by atoms with Crippen LogP contribution in [0.15, 0.2) is 60.9 Å². The van der Waals surface area contributed by atoms with Crippen molar-refractivity contribution in [1.82, 2.24) is 19.1 Å². The molecule has 2 aromatic heterocycles. The average Bonchev–Trinajstić information content (AvgIpc) is 3.19. The number of rotatable bonds is 4. The molecule has 24 heavy (non-hydrogen) atoms. The molecule has 0 fully saturated rings. The first-order chi connectivity index (χ1) is 11.8. The molecule has 0 aliphatic carbocycles. The lowest BCUT2D eigenvalue weighted by molar-refractivity contribution is 0.266. The number of fused-ring (bicyclic) bond motifs is 1. The molecule has 0 atom stereocenters. The van der Waals surface area contributed by atoms with Gasteiger partial charge in [-0.05, 0) is 24.3 Å². The standard InChI is InChI=1S/C18H15FN4O/c19-13-6-7-16-15(10-13)21-17(11-22-9-8-20-18(22)12-24)23(16)14-4-2-1-3-5-14/h1-10,24H,11-12H2. The number of benzene rings is 2. The van der Waals surface area contributed by atoms with Gasteiger partial charge in [0.05, 0.1) is 17.6 Å². The third-order valence-corrected chi connectivity index (χ3v) is 3.96. The number of aromatic nitrogens is 4. The third kappa shape index (κ3) is 2.47. The molecule has 0 aliphatic heterocycles. The van der Waals surface area contributed by atoms with Crippen LogP contribution in [0, 0.1) is 5.82 Å². The van der Waals surface area contributed by atoms with Gasteiger partial charge < -0.3 is 9.67 Å². The fourth-order valence-corrected chi connectivity index (χ4v) is 2.86. The van der Waals surface area contributed by atoms with Crippen molar-refractivity contribution >= 4 is 11.0 Å². The summed E-state index contributed by atoms with van der Waals surface area (Å²) in [5.74, 6) is 0.993. The van der Waals surface area contributed by atoms with Gasteiger partial charge in [-0.25, -0.2) is 14.4 Å². The summed E-state index contributed by atoms with van der Waals surface area (Å²) in [6, 6.07) is 14.4. The van der Waals surface area contributed by atoms with Crippen LogP contribution in [-0.4, -0.2) is 24.2 Å². The minimum Gasteiger partial charge on any atom is -0.388 e. The van der Waals surface area contributed by atoms with E-state index in [0.717, 1.165) is 17.0 Å². The molecule has 0 saturated heterocycles. The Morgan fingerprint density at radius 2 is 1.88 bits per heavy atom. The molecule has 0 bridgehead atoms. The molecule has 1 N–H and O–H groups in total. The van der Waals surface area contributed by atoms with E-state index in [1.54, 1.807) is 18.5 Å². The Morgan fingerprint density at radius 1 is 1.04 bits per heavy atom. The lowest BCUT2D eigenvalue weighted by atomic mass is 10.2. The Balaban J connectivity index is 1.90. The van der Waals surface area contributed by atoms with Gasteiger partial charge in [0.2, 0.25) is 0 Å². The fourth-order valence-electron chi connectivity index (χ4n) is 2.86. The number of para-hydroxylation sites is 1. The zero-order valence-electron chi connectivity index (χ0n) is 12.8. The second-order valence-corrected chi connectivity index (χ2v) is 5.46. The molecule has 6 heteroatoms. The lowest BCUT2D eigenvalue weighted by Crippen LogP contribution is -2.09. The van der Waals surface area contributed by atoms with Gasteiger partial charge in [-0.2, -0.15) is 0 Å². The minimum atomic E-state index is -0.314. The number of nitrogens with zero attached hydrogens (tertiary/aromatic N) is 4. The molecular formula is C18H15FN4O. The molecule has 0 amide bonds. The van der Waals surface area contributed by atoms with Crippen LogP contribution >= 0.6 is 0 Å². The largest absolute Gasteiger partial charge is 0.388 e. The van der Waals surface area contributed by atoms with Crippen molar-refractivity contribution < 1.29 is 9.50 Å². The number of hydrogen-bond acceptors (Lipinski definition) is 3. The number of aliphatic hydroxyl groups is 1. The van der Waals surface area contributed by atoms with E-state index in [9.17, 15) is 9.50 Å². The van der Waals surface area contributed by atoms with Gasteiger partial charge in [0.15, 0.2) is 0 Å². The Kier molecular flexibility index (Phi) is 3.59. The summed E-state index contributed by atoms with van der Waals surface area (Å²) in [5.41, 5.74) is 2.38. The summed E-state index contributed by atoms with van der Waals surface area (Å²) < 4.78 is 17.4. The van der Waals surface area contributed by atoms with Crippen LogP contribution in [0.25, 0.3) is 16.7 Å². The molecule has 5 nitrogen and oxygen atoms in total. The van der Waals surface area contributed by atoms with Crippen LogP contribution in [0.5, 0.6) is 0 Å². The van der Waals surface area contributed by atoms with Gasteiger partial charge >= 0.3 is 0 Å². The highest BCUT2D eigenvalue weighted by Gasteiger charge is 2.14. The zero-order chi connectivity index (χ0) is 16.5. The van der Waals surface area contributed by atoms with E-state index in [0.29, 0.717) is 17.9 Å². The first kappa shape index (κ1) is 14.6. The Labute approximate surface area is 137 Å². The van der Waals surface area contributed by atoms with Gasteiger partial charge in [0.25, 0.3) is 0 Å². The number of halogens is 1. The highest BCUT2D eigenvalue weighted by molar-refractivity contribution is 5.78. The van der Waals surface area contributed by atoms with Crippen molar-refractivity contribution in [3.05, 3.63) is 78.4 Å². The average molecular weight is 322 g/mol. The number of hydrogen-bond donors (Lipinski definition) is 1. The molecule has 0 unspecified atom stereocenters. The summed E-state index contributed by atoms with van der Waals surface area (Å²) in [6.07, 6.45) is 3.43. The van der Waals surface area contributed by atoms with E-state index >= 15 is 0 Å². The van der Waals surface area contributed by atoms with Gasteiger partial charge in [-0.3, -0.25) is 4.57 Å². The highest BCUT2D eigenvalue weighted by atomic mass is 19.1. The van der Waals surface area contributed by atoms with Crippen molar-refractivity contribution in [3.8, 4) is 5.69 Å². The third-order valence-electron chi connectivity index (χ3n) is 3.96. The molecule has 2 heterocycles. The maximum atomic E-state index is 13.6. The SMILES string of the molecule is OCc1nccn1Cc1nc2cc(F)ccc2n1-c1ccccc1. The number of aliphatic hydroxyl groups excluding tert-OH is 1. The van der Waals surface area contributed by atoms with E-state index in [1.807, 2.05) is 39.5 Å². The maximum absolute atomic E-state index is 13.6. The predicted octanol–water partition coefficient (Wildman–Crippen LogP) is 2.90. The summed E-state index contributed by atoms with van der Waals surface area (Å²) in [5, 5.41) is 9.39. The van der Waals surface area contributed by atoms with E-state index < -0.39 is 0 Å². The summed E-state index contributed by atoms with van der Waals surface area (Å²) in [6.45, 7) is 0.286. The predicted molar refractivity (Wildman–Crippen MR) is 88.3 cm³/mol. The maximum Gasteiger partial charge on any atom is 0.134 e. The van der Waals surface area contributed by atoms with E-state index in [2.05, 4.69) is 9.97 Å². The topological polar surface area (TPSA) is 55.9 Å². The van der Waals surface area contributed by atoms with Crippen LogP contribution in [0.2, 0.25) is 0 Å². The fraction of sp³-hybridized carbons (Fsp3) is 0.111. The molecule has 120 valence electrons. The molecule has 4 aromatic rings. The Morgan fingerprint density at radius 3 is 2.67 bits per heavy atom. The van der Waals surface area contributed by atoms with Crippen LogP contribution in [0.1, 0.15) is 11.6 Å². The van der Waals surface area contributed by atoms with Crippen LogP contribution in [-0.2, 0) is 13.2 Å². The van der Waals surface area contributed by atoms with Crippen molar-refractivity contribution in [2.24, 2.45) is 0 Å². The smallest absolute Gasteiger partial charge is 0.134 e. The first-order valence-corrected chi connectivity index (χ1v) is 7.59. The Hall–Kier alpha value is -2.99.